The molecule has 0 saturated carbocycles. The number of halogens is 2. The third-order valence-electron chi connectivity index (χ3n) is 4.50. The van der Waals surface area contributed by atoms with Crippen LogP contribution < -0.4 is 0 Å². The number of carbonyl (C=O) groups is 2. The molecule has 6 nitrogen and oxygen atoms in total. The number of benzene rings is 1. The van der Waals surface area contributed by atoms with Crippen molar-refractivity contribution in [2.45, 2.75) is 18.4 Å². The van der Waals surface area contributed by atoms with Gasteiger partial charge in [-0.05, 0) is 18.6 Å². The standard InChI is InChI=1S/C15H16Cl2N2O4/c16-10-1-2-11(21)14(15(10)17)8-3-9-5-18(13(23)7-20)6-12(22)19(9)4-8/h1-2,8-9,20-21H,3-7H2/t8?,9-/m0/s1. The van der Waals surface area contributed by atoms with Gasteiger partial charge in [-0.1, -0.05) is 23.2 Å². The van der Waals surface area contributed by atoms with Gasteiger partial charge in [0.2, 0.25) is 11.8 Å². The first kappa shape index (κ1) is 16.4. The molecule has 2 aliphatic rings. The molecule has 1 aromatic carbocycles. The second-order valence-electron chi connectivity index (χ2n) is 5.86. The number of nitrogens with zero attached hydrogens (tertiary/aromatic N) is 2. The Bertz CT molecular complexity index is 667. The van der Waals surface area contributed by atoms with Crippen molar-refractivity contribution in [3.63, 3.8) is 0 Å². The van der Waals surface area contributed by atoms with Crippen molar-refractivity contribution in [1.82, 2.24) is 9.80 Å². The van der Waals surface area contributed by atoms with E-state index in [1.165, 1.54) is 17.0 Å². The summed E-state index contributed by atoms with van der Waals surface area (Å²) in [5.74, 6) is -0.701. The summed E-state index contributed by atoms with van der Waals surface area (Å²) in [5, 5.41) is 19.7. The van der Waals surface area contributed by atoms with Crippen LogP contribution in [0.15, 0.2) is 12.1 Å². The zero-order chi connectivity index (χ0) is 16.7. The Labute approximate surface area is 143 Å². The number of phenols is 1. The average molecular weight is 359 g/mol. The fourth-order valence-electron chi connectivity index (χ4n) is 3.41. The zero-order valence-electron chi connectivity index (χ0n) is 12.2. The van der Waals surface area contributed by atoms with E-state index >= 15 is 0 Å². The monoisotopic (exact) mass is 358 g/mol. The first-order valence-corrected chi connectivity index (χ1v) is 8.03. The fourth-order valence-corrected chi connectivity index (χ4v) is 3.89. The topological polar surface area (TPSA) is 81.1 Å². The Morgan fingerprint density at radius 2 is 2.04 bits per heavy atom. The number of hydrogen-bond acceptors (Lipinski definition) is 4. The van der Waals surface area contributed by atoms with Gasteiger partial charge in [0.25, 0.3) is 0 Å². The van der Waals surface area contributed by atoms with Crippen LogP contribution in [0, 0.1) is 0 Å². The van der Waals surface area contributed by atoms with Crippen LogP contribution in [0.3, 0.4) is 0 Å². The molecule has 23 heavy (non-hydrogen) atoms. The minimum atomic E-state index is -0.607. The van der Waals surface area contributed by atoms with Crippen LogP contribution in [0.25, 0.3) is 0 Å². The molecule has 8 heteroatoms. The van der Waals surface area contributed by atoms with Crippen LogP contribution in [-0.4, -0.2) is 64.1 Å². The van der Waals surface area contributed by atoms with E-state index in [0.717, 1.165) is 0 Å². The SMILES string of the molecule is O=C(CO)N1CC(=O)N2CC(c3c(O)ccc(Cl)c3Cl)C[C@H]2C1. The minimum absolute atomic E-state index is 0.0299. The van der Waals surface area contributed by atoms with E-state index in [1.54, 1.807) is 4.90 Å². The van der Waals surface area contributed by atoms with E-state index in [-0.39, 0.29) is 30.2 Å². The molecule has 0 spiro atoms. The van der Waals surface area contributed by atoms with Gasteiger partial charge in [0, 0.05) is 24.6 Å². The lowest BCUT2D eigenvalue weighted by Gasteiger charge is -2.36. The van der Waals surface area contributed by atoms with Crippen molar-refractivity contribution in [2.24, 2.45) is 0 Å². The number of aliphatic hydroxyl groups excluding tert-OH is 1. The van der Waals surface area contributed by atoms with Gasteiger partial charge in [-0.2, -0.15) is 0 Å². The van der Waals surface area contributed by atoms with Crippen molar-refractivity contribution in [2.75, 3.05) is 26.2 Å². The first-order valence-electron chi connectivity index (χ1n) is 7.27. The molecule has 3 rings (SSSR count). The van der Waals surface area contributed by atoms with E-state index in [9.17, 15) is 14.7 Å². The highest BCUT2D eigenvalue weighted by Crippen LogP contribution is 2.43. The summed E-state index contributed by atoms with van der Waals surface area (Å²) in [6, 6.07) is 2.87. The molecule has 0 aromatic heterocycles. The lowest BCUT2D eigenvalue weighted by atomic mass is 9.95. The number of amides is 2. The van der Waals surface area contributed by atoms with Gasteiger partial charge >= 0.3 is 0 Å². The minimum Gasteiger partial charge on any atom is -0.508 e. The molecule has 2 fully saturated rings. The summed E-state index contributed by atoms with van der Waals surface area (Å²) < 4.78 is 0. The molecule has 2 aliphatic heterocycles. The Balaban J connectivity index is 1.85. The van der Waals surface area contributed by atoms with Gasteiger partial charge < -0.3 is 20.0 Å². The molecule has 1 aromatic rings. The van der Waals surface area contributed by atoms with E-state index < -0.39 is 12.5 Å². The molecular weight excluding hydrogens is 343 g/mol. The molecule has 1 unspecified atom stereocenters. The second kappa shape index (κ2) is 6.19. The predicted molar refractivity (Wildman–Crippen MR) is 84.7 cm³/mol. The smallest absolute Gasteiger partial charge is 0.248 e. The van der Waals surface area contributed by atoms with Crippen molar-refractivity contribution in [3.8, 4) is 5.75 Å². The number of carbonyl (C=O) groups excluding carboxylic acids is 2. The number of phenolic OH excluding ortho intramolecular Hbond substituents is 1. The Kier molecular flexibility index (Phi) is 4.40. The Morgan fingerprint density at radius 1 is 1.30 bits per heavy atom. The summed E-state index contributed by atoms with van der Waals surface area (Å²) in [6.45, 7) is 0.168. The van der Waals surface area contributed by atoms with Gasteiger partial charge in [-0.25, -0.2) is 0 Å². The zero-order valence-corrected chi connectivity index (χ0v) is 13.7. The Hall–Kier alpha value is -1.50. The van der Waals surface area contributed by atoms with Gasteiger partial charge in [0.05, 0.1) is 22.6 Å². The van der Waals surface area contributed by atoms with E-state index in [2.05, 4.69) is 0 Å². The van der Waals surface area contributed by atoms with Crippen LogP contribution in [-0.2, 0) is 9.59 Å². The second-order valence-corrected chi connectivity index (χ2v) is 6.64. The summed E-state index contributed by atoms with van der Waals surface area (Å²) in [6.07, 6.45) is 0.578. The number of aromatic hydroxyl groups is 1. The first-order chi connectivity index (χ1) is 10.9. The summed E-state index contributed by atoms with van der Waals surface area (Å²) in [7, 11) is 0. The van der Waals surface area contributed by atoms with E-state index in [0.29, 0.717) is 35.1 Å². The number of fused-ring (bicyclic) bond motifs is 1. The van der Waals surface area contributed by atoms with Crippen LogP contribution >= 0.6 is 23.2 Å². The molecule has 2 atom stereocenters. The van der Waals surface area contributed by atoms with Gasteiger partial charge in [0.15, 0.2) is 0 Å². The number of aliphatic hydroxyl groups is 1. The maximum absolute atomic E-state index is 12.2. The highest BCUT2D eigenvalue weighted by molar-refractivity contribution is 6.42. The maximum atomic E-state index is 12.2. The van der Waals surface area contributed by atoms with Gasteiger partial charge in [0.1, 0.15) is 12.4 Å². The molecule has 0 bridgehead atoms. The lowest BCUT2D eigenvalue weighted by molar-refractivity contribution is -0.148. The molecule has 0 aliphatic carbocycles. The van der Waals surface area contributed by atoms with Crippen LogP contribution in [0.1, 0.15) is 17.9 Å². The third-order valence-corrected chi connectivity index (χ3v) is 5.32. The van der Waals surface area contributed by atoms with Gasteiger partial charge in [-0.3, -0.25) is 9.59 Å². The van der Waals surface area contributed by atoms with Gasteiger partial charge in [-0.15, -0.1) is 0 Å². The molecule has 0 radical (unpaired) electrons. The molecule has 2 amide bonds. The molecule has 124 valence electrons. The number of hydrogen-bond donors (Lipinski definition) is 2. The van der Waals surface area contributed by atoms with Crippen molar-refractivity contribution in [1.29, 1.82) is 0 Å². The van der Waals surface area contributed by atoms with Crippen molar-refractivity contribution in [3.05, 3.63) is 27.7 Å². The normalized spacial score (nSPS) is 24.0. The molecule has 2 heterocycles. The fraction of sp³-hybridized carbons (Fsp3) is 0.467. The average Bonchev–Trinajstić information content (AvgIpc) is 2.94. The highest BCUT2D eigenvalue weighted by Gasteiger charge is 2.42. The Morgan fingerprint density at radius 3 is 2.74 bits per heavy atom. The predicted octanol–water partition coefficient (Wildman–Crippen LogP) is 1.22. The van der Waals surface area contributed by atoms with Crippen molar-refractivity contribution >= 4 is 35.0 Å². The third kappa shape index (κ3) is 2.86. The van der Waals surface area contributed by atoms with Crippen LogP contribution in [0.5, 0.6) is 5.75 Å². The lowest BCUT2D eigenvalue weighted by Crippen LogP contribution is -2.55. The number of rotatable bonds is 2. The molecule has 2 saturated heterocycles. The quantitative estimate of drug-likeness (QED) is 0.832. The largest absolute Gasteiger partial charge is 0.508 e. The van der Waals surface area contributed by atoms with Crippen LogP contribution in [0.4, 0.5) is 0 Å². The summed E-state index contributed by atoms with van der Waals surface area (Å²) >= 11 is 12.2. The van der Waals surface area contributed by atoms with E-state index in [1.807, 2.05) is 0 Å². The van der Waals surface area contributed by atoms with E-state index in [4.69, 9.17) is 28.3 Å². The maximum Gasteiger partial charge on any atom is 0.248 e. The van der Waals surface area contributed by atoms with Crippen LogP contribution in [0.2, 0.25) is 10.0 Å². The summed E-state index contributed by atoms with van der Waals surface area (Å²) in [4.78, 5) is 27.0. The number of piperazine rings is 1. The van der Waals surface area contributed by atoms with Crippen molar-refractivity contribution < 1.29 is 19.8 Å². The molecule has 2 N–H and O–H groups in total. The highest BCUT2D eigenvalue weighted by atomic mass is 35.5. The summed E-state index contributed by atoms with van der Waals surface area (Å²) in [5.41, 5.74) is 0.543. The molecular formula is C15H16Cl2N2O4.